The van der Waals surface area contributed by atoms with Crippen LogP contribution in [0.15, 0.2) is 24.8 Å². The van der Waals surface area contributed by atoms with Gasteiger partial charge in [0.2, 0.25) is 0 Å². The molecule has 1 unspecified atom stereocenters. The first kappa shape index (κ1) is 11.9. The number of hydrogen-bond acceptors (Lipinski definition) is 3. The van der Waals surface area contributed by atoms with Crippen LogP contribution >= 0.6 is 0 Å². The Kier molecular flexibility index (Phi) is 3.93. The van der Waals surface area contributed by atoms with E-state index >= 15 is 0 Å². The Morgan fingerprint density at radius 3 is 3.12 bits per heavy atom. The first-order valence-corrected chi connectivity index (χ1v) is 6.03. The predicted molar refractivity (Wildman–Crippen MR) is 66.4 cm³/mol. The van der Waals surface area contributed by atoms with E-state index in [0.29, 0.717) is 0 Å². The largest absolute Gasteiger partial charge is 0.347 e. The minimum Gasteiger partial charge on any atom is -0.347 e. The highest BCUT2D eigenvalue weighted by atomic mass is 15.3. The highest BCUT2D eigenvalue weighted by Gasteiger charge is 2.07. The van der Waals surface area contributed by atoms with Gasteiger partial charge in [0.15, 0.2) is 0 Å². The minimum atomic E-state index is 0.222. The summed E-state index contributed by atoms with van der Waals surface area (Å²) in [7, 11) is 0. The van der Waals surface area contributed by atoms with Gasteiger partial charge in [-0.1, -0.05) is 6.92 Å². The topological polar surface area (TPSA) is 58.5 Å². The monoisotopic (exact) mass is 233 g/mol. The highest BCUT2D eigenvalue weighted by molar-refractivity contribution is 5.04. The molecule has 0 bridgehead atoms. The van der Waals surface area contributed by atoms with E-state index < -0.39 is 0 Å². The zero-order valence-corrected chi connectivity index (χ0v) is 10.3. The summed E-state index contributed by atoms with van der Waals surface area (Å²) in [6, 6.07) is 0.222. The van der Waals surface area contributed by atoms with Crippen molar-refractivity contribution in [3.8, 4) is 0 Å². The fourth-order valence-electron chi connectivity index (χ4n) is 1.73. The summed E-state index contributed by atoms with van der Waals surface area (Å²) in [6.07, 6.45) is 8.72. The summed E-state index contributed by atoms with van der Waals surface area (Å²) in [4.78, 5) is 7.33. The van der Waals surface area contributed by atoms with Crippen molar-refractivity contribution >= 4 is 0 Å². The molecule has 0 saturated heterocycles. The Morgan fingerprint density at radius 1 is 1.53 bits per heavy atom. The zero-order chi connectivity index (χ0) is 12.1. The van der Waals surface area contributed by atoms with Crippen molar-refractivity contribution in [3.63, 3.8) is 0 Å². The summed E-state index contributed by atoms with van der Waals surface area (Å²) < 4.78 is 1.98. The molecule has 92 valence electrons. The molecule has 0 fully saturated rings. The Labute approximate surface area is 101 Å². The van der Waals surface area contributed by atoms with Crippen LogP contribution in [0.5, 0.6) is 0 Å². The number of aryl methyl sites for hydroxylation is 1. The second kappa shape index (κ2) is 5.63. The molecule has 2 N–H and O–H groups in total. The number of nitrogens with zero attached hydrogens (tertiary/aromatic N) is 3. The van der Waals surface area contributed by atoms with E-state index in [1.807, 2.05) is 17.1 Å². The van der Waals surface area contributed by atoms with Gasteiger partial charge in [0.25, 0.3) is 0 Å². The van der Waals surface area contributed by atoms with E-state index in [0.717, 1.165) is 25.3 Å². The van der Waals surface area contributed by atoms with E-state index in [1.165, 1.54) is 5.56 Å². The van der Waals surface area contributed by atoms with Gasteiger partial charge in [-0.3, -0.25) is 4.68 Å². The quantitative estimate of drug-likeness (QED) is 0.800. The maximum atomic E-state index is 4.30. The van der Waals surface area contributed by atoms with Crippen LogP contribution in [0.1, 0.15) is 37.7 Å². The molecule has 0 aliphatic carbocycles. The fraction of sp³-hybridized carbons (Fsp3) is 0.500. The first-order chi connectivity index (χ1) is 8.29. The maximum Gasteiger partial charge on any atom is 0.122 e. The van der Waals surface area contributed by atoms with Gasteiger partial charge in [0, 0.05) is 37.2 Å². The highest BCUT2D eigenvalue weighted by Crippen LogP contribution is 2.07. The van der Waals surface area contributed by atoms with Crippen molar-refractivity contribution in [2.24, 2.45) is 0 Å². The molecule has 0 radical (unpaired) electrons. The molecule has 0 amide bonds. The van der Waals surface area contributed by atoms with E-state index in [9.17, 15) is 0 Å². The van der Waals surface area contributed by atoms with Crippen LogP contribution in [0.25, 0.3) is 0 Å². The lowest BCUT2D eigenvalue weighted by Gasteiger charge is -2.09. The molecule has 2 heterocycles. The smallest absolute Gasteiger partial charge is 0.122 e. The minimum absolute atomic E-state index is 0.222. The summed E-state index contributed by atoms with van der Waals surface area (Å²) >= 11 is 0. The standard InChI is InChI=1S/C12H19N5/c1-3-6-17-9-11(8-16-17)7-15-10(2)12-13-4-5-14-12/h4-5,8-10,15H,3,6-7H2,1-2H3,(H,13,14). The average Bonchev–Trinajstić information content (AvgIpc) is 2.97. The van der Waals surface area contributed by atoms with Gasteiger partial charge in [0.1, 0.15) is 5.82 Å². The van der Waals surface area contributed by atoms with Crippen LogP contribution in [0, 0.1) is 0 Å². The molecule has 5 nitrogen and oxygen atoms in total. The first-order valence-electron chi connectivity index (χ1n) is 6.03. The Morgan fingerprint density at radius 2 is 2.41 bits per heavy atom. The van der Waals surface area contributed by atoms with Crippen LogP contribution in [-0.2, 0) is 13.1 Å². The lowest BCUT2D eigenvalue weighted by atomic mass is 10.3. The van der Waals surface area contributed by atoms with Gasteiger partial charge in [-0.15, -0.1) is 0 Å². The molecular weight excluding hydrogens is 214 g/mol. The van der Waals surface area contributed by atoms with Gasteiger partial charge in [-0.05, 0) is 13.3 Å². The average molecular weight is 233 g/mol. The second-order valence-corrected chi connectivity index (χ2v) is 4.19. The van der Waals surface area contributed by atoms with Crippen LogP contribution in [0.2, 0.25) is 0 Å². The fourth-order valence-corrected chi connectivity index (χ4v) is 1.73. The van der Waals surface area contributed by atoms with Crippen molar-refractivity contribution in [3.05, 3.63) is 36.2 Å². The number of H-pyrrole nitrogens is 1. The van der Waals surface area contributed by atoms with Crippen LogP contribution < -0.4 is 5.32 Å². The van der Waals surface area contributed by atoms with Crippen molar-refractivity contribution in [2.45, 2.75) is 39.4 Å². The van der Waals surface area contributed by atoms with E-state index in [4.69, 9.17) is 0 Å². The Hall–Kier alpha value is -1.62. The lowest BCUT2D eigenvalue weighted by molar-refractivity contribution is 0.549. The Bertz CT molecular complexity index is 431. The van der Waals surface area contributed by atoms with Crippen LogP contribution in [0.4, 0.5) is 0 Å². The number of imidazole rings is 1. The van der Waals surface area contributed by atoms with Gasteiger partial charge >= 0.3 is 0 Å². The van der Waals surface area contributed by atoms with Crippen molar-refractivity contribution in [1.29, 1.82) is 0 Å². The zero-order valence-electron chi connectivity index (χ0n) is 10.3. The van der Waals surface area contributed by atoms with E-state index in [1.54, 1.807) is 6.20 Å². The second-order valence-electron chi connectivity index (χ2n) is 4.19. The molecule has 0 aliphatic heterocycles. The summed E-state index contributed by atoms with van der Waals surface area (Å²) in [5.41, 5.74) is 1.21. The maximum absolute atomic E-state index is 4.30. The van der Waals surface area contributed by atoms with E-state index in [2.05, 4.69) is 40.4 Å². The van der Waals surface area contributed by atoms with Gasteiger partial charge in [-0.2, -0.15) is 5.10 Å². The number of nitrogens with one attached hydrogen (secondary N) is 2. The van der Waals surface area contributed by atoms with Gasteiger partial charge in [-0.25, -0.2) is 4.98 Å². The number of hydrogen-bond donors (Lipinski definition) is 2. The molecule has 1 atom stereocenters. The van der Waals surface area contributed by atoms with Crippen LogP contribution in [-0.4, -0.2) is 19.7 Å². The van der Waals surface area contributed by atoms with Crippen LogP contribution in [0.3, 0.4) is 0 Å². The predicted octanol–water partition coefficient (Wildman–Crippen LogP) is 1.87. The molecule has 17 heavy (non-hydrogen) atoms. The molecule has 0 saturated carbocycles. The lowest BCUT2D eigenvalue weighted by Crippen LogP contribution is -2.18. The SMILES string of the molecule is CCCn1cc(CNC(C)c2ncc[nH]2)cn1. The normalized spacial score (nSPS) is 12.8. The summed E-state index contributed by atoms with van der Waals surface area (Å²) in [5, 5.41) is 7.71. The van der Waals surface area contributed by atoms with Gasteiger partial charge in [0.05, 0.1) is 12.2 Å². The van der Waals surface area contributed by atoms with Crippen molar-refractivity contribution in [1.82, 2.24) is 25.1 Å². The third-order valence-corrected chi connectivity index (χ3v) is 2.68. The Balaban J connectivity index is 1.84. The summed E-state index contributed by atoms with van der Waals surface area (Å²) in [6.45, 7) is 6.03. The molecule has 2 aromatic rings. The third kappa shape index (κ3) is 3.17. The van der Waals surface area contributed by atoms with Crippen molar-refractivity contribution < 1.29 is 0 Å². The molecule has 0 aliphatic rings. The molecule has 0 spiro atoms. The molecule has 2 rings (SSSR count). The molecule has 2 aromatic heterocycles. The molecular formula is C12H19N5. The number of rotatable bonds is 6. The van der Waals surface area contributed by atoms with Crippen molar-refractivity contribution in [2.75, 3.05) is 0 Å². The third-order valence-electron chi connectivity index (χ3n) is 2.68. The van der Waals surface area contributed by atoms with E-state index in [-0.39, 0.29) is 6.04 Å². The summed E-state index contributed by atoms with van der Waals surface area (Å²) in [5.74, 6) is 0.964. The molecule has 0 aromatic carbocycles. The van der Waals surface area contributed by atoms with Gasteiger partial charge < -0.3 is 10.3 Å². The number of aromatic amines is 1. The number of aromatic nitrogens is 4. The molecule has 5 heteroatoms.